The standard InChI is InChI=1S/C27H35N3O3/c1-19(2)21-13-12-20(3)17-25(21)33-15-7-6-14-30-23-10-5-4-9-22(23)29-26(30)18-28-27(31)24-11-8-16-32-24/h4-5,9-10,12-13,17,19,24H,6-8,11,14-16,18H2,1-3H3,(H,28,31). The second kappa shape index (κ2) is 10.8. The third-order valence-electron chi connectivity index (χ3n) is 6.20. The first-order valence-corrected chi connectivity index (χ1v) is 12.1. The smallest absolute Gasteiger partial charge is 0.249 e. The van der Waals surface area contributed by atoms with Crippen LogP contribution in [0.25, 0.3) is 11.0 Å². The highest BCUT2D eigenvalue weighted by Gasteiger charge is 2.23. The molecule has 2 heterocycles. The van der Waals surface area contributed by atoms with Crippen LogP contribution in [-0.4, -0.2) is 34.8 Å². The lowest BCUT2D eigenvalue weighted by Crippen LogP contribution is -2.34. The van der Waals surface area contributed by atoms with E-state index in [1.807, 2.05) is 18.2 Å². The average Bonchev–Trinajstić information content (AvgIpc) is 3.46. The topological polar surface area (TPSA) is 65.4 Å². The summed E-state index contributed by atoms with van der Waals surface area (Å²) >= 11 is 0. The molecule has 1 aliphatic heterocycles. The van der Waals surface area contributed by atoms with Gasteiger partial charge in [-0.25, -0.2) is 4.98 Å². The van der Waals surface area contributed by atoms with E-state index in [-0.39, 0.29) is 12.0 Å². The van der Waals surface area contributed by atoms with Crippen LogP contribution in [0, 0.1) is 6.92 Å². The normalized spacial score (nSPS) is 15.9. The number of ether oxygens (including phenoxy) is 2. The summed E-state index contributed by atoms with van der Waals surface area (Å²) in [4.78, 5) is 17.2. The van der Waals surface area contributed by atoms with Crippen molar-refractivity contribution in [3.8, 4) is 5.75 Å². The fraction of sp³-hybridized carbons (Fsp3) is 0.481. The number of hydrogen-bond donors (Lipinski definition) is 1. The number of unbranched alkanes of at least 4 members (excludes halogenated alkanes) is 1. The summed E-state index contributed by atoms with van der Waals surface area (Å²) < 4.78 is 13.9. The number of rotatable bonds is 10. The molecule has 0 spiro atoms. The van der Waals surface area contributed by atoms with Crippen LogP contribution in [0.4, 0.5) is 0 Å². The van der Waals surface area contributed by atoms with Crippen LogP contribution in [0.5, 0.6) is 5.75 Å². The van der Waals surface area contributed by atoms with Crippen molar-refractivity contribution in [3.63, 3.8) is 0 Å². The minimum Gasteiger partial charge on any atom is -0.493 e. The summed E-state index contributed by atoms with van der Waals surface area (Å²) in [5.41, 5.74) is 4.52. The Morgan fingerprint density at radius 2 is 2.09 bits per heavy atom. The Labute approximate surface area is 196 Å². The van der Waals surface area contributed by atoms with Crippen molar-refractivity contribution in [3.05, 3.63) is 59.4 Å². The van der Waals surface area contributed by atoms with Gasteiger partial charge in [-0.15, -0.1) is 0 Å². The first-order chi connectivity index (χ1) is 16.0. The molecule has 0 radical (unpaired) electrons. The molecule has 1 amide bonds. The van der Waals surface area contributed by atoms with E-state index in [4.69, 9.17) is 14.5 Å². The van der Waals surface area contributed by atoms with Gasteiger partial charge in [-0.2, -0.15) is 0 Å². The molecule has 0 saturated carbocycles. The number of hydrogen-bond acceptors (Lipinski definition) is 4. The van der Waals surface area contributed by atoms with Crippen LogP contribution in [0.3, 0.4) is 0 Å². The molecule has 0 bridgehead atoms. The molecule has 33 heavy (non-hydrogen) atoms. The van der Waals surface area contributed by atoms with Crippen LogP contribution in [-0.2, 0) is 22.6 Å². The molecule has 2 aromatic carbocycles. The number of carbonyl (C=O) groups excluding carboxylic acids is 1. The highest BCUT2D eigenvalue weighted by atomic mass is 16.5. The SMILES string of the molecule is Cc1ccc(C(C)C)c(OCCCCn2c(CNC(=O)C3CCCO3)nc3ccccc32)c1. The van der Waals surface area contributed by atoms with E-state index in [1.54, 1.807) is 0 Å². The highest BCUT2D eigenvalue weighted by molar-refractivity contribution is 5.81. The maximum Gasteiger partial charge on any atom is 0.249 e. The number of carbonyl (C=O) groups is 1. The number of aryl methyl sites for hydroxylation is 2. The third kappa shape index (κ3) is 5.74. The minimum absolute atomic E-state index is 0.0429. The summed E-state index contributed by atoms with van der Waals surface area (Å²) in [5.74, 6) is 2.27. The number of imidazole rings is 1. The highest BCUT2D eigenvalue weighted by Crippen LogP contribution is 2.27. The lowest BCUT2D eigenvalue weighted by molar-refractivity contribution is -0.130. The first-order valence-electron chi connectivity index (χ1n) is 12.1. The molecule has 1 aliphatic rings. The number of nitrogens with one attached hydrogen (secondary N) is 1. The molecule has 6 nitrogen and oxygen atoms in total. The van der Waals surface area contributed by atoms with Crippen molar-refractivity contribution in [1.82, 2.24) is 14.9 Å². The molecule has 1 unspecified atom stereocenters. The van der Waals surface area contributed by atoms with Gasteiger partial charge in [0.05, 0.1) is 24.2 Å². The number of amides is 1. The Balaban J connectivity index is 1.35. The van der Waals surface area contributed by atoms with Gasteiger partial charge in [-0.1, -0.05) is 38.1 Å². The van der Waals surface area contributed by atoms with Gasteiger partial charge >= 0.3 is 0 Å². The van der Waals surface area contributed by atoms with E-state index in [1.165, 1.54) is 11.1 Å². The zero-order chi connectivity index (χ0) is 23.2. The summed E-state index contributed by atoms with van der Waals surface area (Å²) in [6.45, 7) is 9.08. The molecule has 1 N–H and O–H groups in total. The van der Waals surface area contributed by atoms with Crippen molar-refractivity contribution in [2.24, 2.45) is 0 Å². The Kier molecular flexibility index (Phi) is 7.65. The van der Waals surface area contributed by atoms with E-state index in [0.29, 0.717) is 25.7 Å². The van der Waals surface area contributed by atoms with Gasteiger partial charge in [-0.05, 0) is 67.9 Å². The van der Waals surface area contributed by atoms with Crippen molar-refractivity contribution in [1.29, 1.82) is 0 Å². The zero-order valence-electron chi connectivity index (χ0n) is 20.0. The van der Waals surface area contributed by atoms with Crippen LogP contribution < -0.4 is 10.1 Å². The second-order valence-electron chi connectivity index (χ2n) is 9.14. The van der Waals surface area contributed by atoms with E-state index >= 15 is 0 Å². The Morgan fingerprint density at radius 3 is 2.88 bits per heavy atom. The quantitative estimate of drug-likeness (QED) is 0.436. The Bertz CT molecular complexity index is 1080. The van der Waals surface area contributed by atoms with E-state index in [9.17, 15) is 4.79 Å². The summed E-state index contributed by atoms with van der Waals surface area (Å²) in [7, 11) is 0. The molecule has 6 heteroatoms. The summed E-state index contributed by atoms with van der Waals surface area (Å²) in [6.07, 6.45) is 3.33. The Morgan fingerprint density at radius 1 is 1.24 bits per heavy atom. The maximum atomic E-state index is 12.4. The van der Waals surface area contributed by atoms with Crippen molar-refractivity contribution in [2.45, 2.75) is 71.6 Å². The lowest BCUT2D eigenvalue weighted by Gasteiger charge is -2.15. The summed E-state index contributed by atoms with van der Waals surface area (Å²) in [6, 6.07) is 14.6. The fourth-order valence-corrected chi connectivity index (χ4v) is 4.37. The van der Waals surface area contributed by atoms with Gasteiger partial charge in [0.1, 0.15) is 17.7 Å². The average molecular weight is 450 g/mol. The van der Waals surface area contributed by atoms with Crippen LogP contribution in [0.1, 0.15) is 62.4 Å². The van der Waals surface area contributed by atoms with Gasteiger partial charge in [-0.3, -0.25) is 4.79 Å². The van der Waals surface area contributed by atoms with Crippen LogP contribution >= 0.6 is 0 Å². The van der Waals surface area contributed by atoms with E-state index in [2.05, 4.69) is 54.9 Å². The molecular formula is C27H35N3O3. The number of fused-ring (bicyclic) bond motifs is 1. The molecule has 1 fully saturated rings. The number of aromatic nitrogens is 2. The van der Waals surface area contributed by atoms with Crippen LogP contribution in [0.2, 0.25) is 0 Å². The molecule has 176 valence electrons. The molecule has 4 rings (SSSR count). The monoisotopic (exact) mass is 449 g/mol. The van der Waals surface area contributed by atoms with Gasteiger partial charge in [0, 0.05) is 13.2 Å². The van der Waals surface area contributed by atoms with Crippen molar-refractivity contribution >= 4 is 16.9 Å². The Hall–Kier alpha value is -2.86. The molecule has 3 aromatic rings. The molecule has 0 aliphatic carbocycles. The van der Waals surface area contributed by atoms with Crippen molar-refractivity contribution < 1.29 is 14.3 Å². The lowest BCUT2D eigenvalue weighted by atomic mass is 10.0. The number of nitrogens with zero attached hydrogens (tertiary/aromatic N) is 2. The van der Waals surface area contributed by atoms with Gasteiger partial charge in [0.2, 0.25) is 5.91 Å². The fourth-order valence-electron chi connectivity index (χ4n) is 4.37. The second-order valence-corrected chi connectivity index (χ2v) is 9.14. The van der Waals surface area contributed by atoms with Gasteiger partial charge < -0.3 is 19.4 Å². The molecule has 1 saturated heterocycles. The van der Waals surface area contributed by atoms with Gasteiger partial charge in [0.15, 0.2) is 0 Å². The zero-order valence-corrected chi connectivity index (χ0v) is 20.0. The molecule has 1 atom stereocenters. The van der Waals surface area contributed by atoms with Gasteiger partial charge in [0.25, 0.3) is 0 Å². The van der Waals surface area contributed by atoms with Crippen molar-refractivity contribution in [2.75, 3.05) is 13.2 Å². The maximum absolute atomic E-state index is 12.4. The summed E-state index contributed by atoms with van der Waals surface area (Å²) in [5, 5.41) is 3.02. The molecule has 1 aromatic heterocycles. The first kappa shape index (κ1) is 23.3. The third-order valence-corrected chi connectivity index (χ3v) is 6.20. The van der Waals surface area contributed by atoms with Crippen LogP contribution in [0.15, 0.2) is 42.5 Å². The predicted octanol–water partition coefficient (Wildman–Crippen LogP) is 5.12. The minimum atomic E-state index is -0.322. The number of benzene rings is 2. The largest absolute Gasteiger partial charge is 0.493 e. The van der Waals surface area contributed by atoms with E-state index in [0.717, 1.165) is 54.8 Å². The number of para-hydroxylation sites is 2. The predicted molar refractivity (Wildman–Crippen MR) is 131 cm³/mol. The molecular weight excluding hydrogens is 414 g/mol. The van der Waals surface area contributed by atoms with E-state index < -0.39 is 0 Å².